The predicted octanol–water partition coefficient (Wildman–Crippen LogP) is 2.80. The second-order valence-electron chi connectivity index (χ2n) is 6.78. The molecule has 1 aromatic rings. The van der Waals surface area contributed by atoms with Gasteiger partial charge in [0.25, 0.3) is 0 Å². The Morgan fingerprint density at radius 1 is 1.14 bits per heavy atom. The maximum atomic E-state index is 11.1. The van der Waals surface area contributed by atoms with Gasteiger partial charge in [0.05, 0.1) is 25.9 Å². The summed E-state index contributed by atoms with van der Waals surface area (Å²) in [5.74, 6) is 1.30. The molecule has 1 rings (SSSR count). The number of aliphatic hydroxyl groups is 1. The van der Waals surface area contributed by atoms with Gasteiger partial charge < -0.3 is 25.2 Å². The van der Waals surface area contributed by atoms with Crippen molar-refractivity contribution in [1.29, 1.82) is 0 Å². The van der Waals surface area contributed by atoms with Crippen molar-refractivity contribution in [3.05, 3.63) is 29.8 Å². The van der Waals surface area contributed by atoms with Crippen LogP contribution in [0.25, 0.3) is 0 Å². The first-order valence-electron chi connectivity index (χ1n) is 10.00. The number of esters is 1. The maximum absolute atomic E-state index is 11.1. The van der Waals surface area contributed by atoms with E-state index in [2.05, 4.69) is 20.4 Å². The van der Waals surface area contributed by atoms with Gasteiger partial charge >= 0.3 is 5.97 Å². The van der Waals surface area contributed by atoms with Crippen LogP contribution in [-0.2, 0) is 9.53 Å². The molecule has 158 valence electrons. The molecule has 0 amide bonds. The lowest BCUT2D eigenvalue weighted by Crippen LogP contribution is -2.38. The molecule has 0 aromatic heterocycles. The predicted molar refractivity (Wildman–Crippen MR) is 112 cm³/mol. The van der Waals surface area contributed by atoms with Gasteiger partial charge in [0, 0.05) is 19.5 Å². The van der Waals surface area contributed by atoms with Crippen LogP contribution in [-0.4, -0.2) is 49.9 Å². The number of hydrogen-bond donors (Lipinski definition) is 3. The van der Waals surface area contributed by atoms with Crippen LogP contribution in [0.1, 0.15) is 58.1 Å². The van der Waals surface area contributed by atoms with Gasteiger partial charge in [-0.1, -0.05) is 18.6 Å². The summed E-state index contributed by atoms with van der Waals surface area (Å²) in [6.45, 7) is 7.72. The zero-order valence-electron chi connectivity index (χ0n) is 17.5. The van der Waals surface area contributed by atoms with Gasteiger partial charge in [-0.15, -0.1) is 0 Å². The lowest BCUT2D eigenvalue weighted by Gasteiger charge is -2.14. The summed E-state index contributed by atoms with van der Waals surface area (Å²) >= 11 is 0. The van der Waals surface area contributed by atoms with Crippen LogP contribution in [0.3, 0.4) is 0 Å². The number of aliphatic hydroxyl groups excluding tert-OH is 1. The zero-order valence-corrected chi connectivity index (χ0v) is 17.5. The minimum absolute atomic E-state index is 0.120. The van der Waals surface area contributed by atoms with Crippen molar-refractivity contribution in [3.8, 4) is 5.75 Å². The van der Waals surface area contributed by atoms with Crippen molar-refractivity contribution in [2.24, 2.45) is 4.99 Å². The highest BCUT2D eigenvalue weighted by molar-refractivity contribution is 5.79. The van der Waals surface area contributed by atoms with Gasteiger partial charge in [0.2, 0.25) is 0 Å². The van der Waals surface area contributed by atoms with E-state index in [9.17, 15) is 9.90 Å². The monoisotopic (exact) mass is 393 g/mol. The van der Waals surface area contributed by atoms with Crippen LogP contribution in [0.15, 0.2) is 29.3 Å². The van der Waals surface area contributed by atoms with E-state index in [4.69, 9.17) is 4.74 Å². The molecule has 0 heterocycles. The number of unbranched alkanes of at least 4 members (excludes halogenated alkanes) is 2. The third-order valence-corrected chi connectivity index (χ3v) is 3.98. The molecule has 1 atom stereocenters. The minimum Gasteiger partial charge on any atom is -0.491 e. The Kier molecular flexibility index (Phi) is 11.7. The van der Waals surface area contributed by atoms with Crippen molar-refractivity contribution in [3.63, 3.8) is 0 Å². The van der Waals surface area contributed by atoms with Crippen molar-refractivity contribution in [1.82, 2.24) is 10.6 Å². The molecule has 28 heavy (non-hydrogen) atoms. The van der Waals surface area contributed by atoms with Crippen LogP contribution in [0.2, 0.25) is 0 Å². The van der Waals surface area contributed by atoms with E-state index in [1.807, 2.05) is 45.0 Å². The Hall–Kier alpha value is -2.28. The van der Waals surface area contributed by atoms with Crippen molar-refractivity contribution >= 4 is 11.9 Å². The molecule has 0 radical (unpaired) electrons. The molecule has 0 fully saturated rings. The number of rotatable bonds is 12. The van der Waals surface area contributed by atoms with Gasteiger partial charge in [0.1, 0.15) is 5.75 Å². The molecule has 0 aliphatic carbocycles. The molecule has 0 saturated carbocycles. The third-order valence-electron chi connectivity index (χ3n) is 3.98. The Morgan fingerprint density at radius 3 is 2.46 bits per heavy atom. The van der Waals surface area contributed by atoms with Crippen LogP contribution in [0, 0.1) is 0 Å². The SMILES string of the molecule is CCNC(=NCC(O)c1ccc(OC(C)C)cc1)NCCCCCC(=O)OC. The molecule has 0 aliphatic heterocycles. The molecule has 0 saturated heterocycles. The number of carbonyl (C=O) groups is 1. The van der Waals surface area contributed by atoms with Gasteiger partial charge in [-0.2, -0.15) is 0 Å². The molecule has 7 nitrogen and oxygen atoms in total. The van der Waals surface area contributed by atoms with Crippen LogP contribution < -0.4 is 15.4 Å². The molecular formula is C21H35N3O4. The molecular weight excluding hydrogens is 358 g/mol. The van der Waals surface area contributed by atoms with E-state index in [0.29, 0.717) is 12.4 Å². The van der Waals surface area contributed by atoms with E-state index >= 15 is 0 Å². The number of carbonyl (C=O) groups excluding carboxylic acids is 1. The lowest BCUT2D eigenvalue weighted by atomic mass is 10.1. The van der Waals surface area contributed by atoms with Crippen LogP contribution in [0.4, 0.5) is 0 Å². The normalized spacial score (nSPS) is 12.6. The Morgan fingerprint density at radius 2 is 1.86 bits per heavy atom. The first-order valence-corrected chi connectivity index (χ1v) is 10.00. The van der Waals surface area contributed by atoms with E-state index in [-0.39, 0.29) is 18.6 Å². The number of nitrogens with one attached hydrogen (secondary N) is 2. The summed E-state index contributed by atoms with van der Waals surface area (Å²) in [4.78, 5) is 15.5. The summed E-state index contributed by atoms with van der Waals surface area (Å²) in [6.07, 6.45) is 2.59. The smallest absolute Gasteiger partial charge is 0.305 e. The standard InChI is InChI=1S/C21H35N3O4/c1-5-22-21(23-14-8-6-7-9-20(26)27-4)24-15-19(25)17-10-12-18(13-11-17)28-16(2)3/h10-13,16,19,25H,5-9,14-15H2,1-4H3,(H2,22,23,24). The van der Waals surface area contributed by atoms with E-state index in [1.165, 1.54) is 7.11 Å². The van der Waals surface area contributed by atoms with Crippen LogP contribution >= 0.6 is 0 Å². The minimum atomic E-state index is -0.677. The maximum Gasteiger partial charge on any atom is 0.305 e. The molecule has 7 heteroatoms. The highest BCUT2D eigenvalue weighted by atomic mass is 16.5. The fourth-order valence-electron chi connectivity index (χ4n) is 2.55. The van der Waals surface area contributed by atoms with E-state index < -0.39 is 6.10 Å². The molecule has 0 bridgehead atoms. The number of nitrogens with zero attached hydrogens (tertiary/aromatic N) is 1. The van der Waals surface area contributed by atoms with Gasteiger partial charge in [-0.3, -0.25) is 9.79 Å². The average molecular weight is 394 g/mol. The number of aliphatic imine (C=N–C) groups is 1. The number of guanidine groups is 1. The third kappa shape index (κ3) is 10.2. The molecule has 0 spiro atoms. The van der Waals surface area contributed by atoms with E-state index in [1.54, 1.807) is 0 Å². The molecule has 3 N–H and O–H groups in total. The number of methoxy groups -OCH3 is 1. The quantitative estimate of drug-likeness (QED) is 0.219. The summed E-state index contributed by atoms with van der Waals surface area (Å²) in [6, 6.07) is 7.44. The number of hydrogen-bond acceptors (Lipinski definition) is 5. The van der Waals surface area contributed by atoms with Gasteiger partial charge in [-0.05, 0) is 51.3 Å². The molecule has 1 unspecified atom stereocenters. The molecule has 1 aromatic carbocycles. The average Bonchev–Trinajstić information content (AvgIpc) is 2.68. The highest BCUT2D eigenvalue weighted by Gasteiger charge is 2.08. The fourth-order valence-corrected chi connectivity index (χ4v) is 2.55. The topological polar surface area (TPSA) is 92.2 Å². The van der Waals surface area contributed by atoms with Crippen molar-refractivity contribution < 1.29 is 19.4 Å². The summed E-state index contributed by atoms with van der Waals surface area (Å²) in [5, 5.41) is 16.8. The van der Waals surface area contributed by atoms with E-state index in [0.717, 1.165) is 43.7 Å². The summed E-state index contributed by atoms with van der Waals surface area (Å²) < 4.78 is 10.2. The molecule has 0 aliphatic rings. The summed E-state index contributed by atoms with van der Waals surface area (Å²) in [5.41, 5.74) is 0.804. The van der Waals surface area contributed by atoms with Crippen molar-refractivity contribution in [2.75, 3.05) is 26.7 Å². The lowest BCUT2D eigenvalue weighted by molar-refractivity contribution is -0.140. The zero-order chi connectivity index (χ0) is 20.8. The fraction of sp³-hybridized carbons (Fsp3) is 0.619. The second kappa shape index (κ2) is 13.8. The Labute approximate surface area is 168 Å². The first-order chi connectivity index (χ1) is 13.5. The van der Waals surface area contributed by atoms with Crippen molar-refractivity contribution in [2.45, 2.75) is 58.7 Å². The second-order valence-corrected chi connectivity index (χ2v) is 6.78. The van der Waals surface area contributed by atoms with Crippen LogP contribution in [0.5, 0.6) is 5.75 Å². The first kappa shape index (κ1) is 23.8. The summed E-state index contributed by atoms with van der Waals surface area (Å²) in [7, 11) is 1.41. The Balaban J connectivity index is 2.42. The number of benzene rings is 1. The Bertz CT molecular complexity index is 588. The van der Waals surface area contributed by atoms with Gasteiger partial charge in [0.15, 0.2) is 5.96 Å². The highest BCUT2D eigenvalue weighted by Crippen LogP contribution is 2.19. The number of ether oxygens (including phenoxy) is 2. The van der Waals surface area contributed by atoms with Gasteiger partial charge in [-0.25, -0.2) is 0 Å². The largest absolute Gasteiger partial charge is 0.491 e.